The van der Waals surface area contributed by atoms with Crippen LogP contribution in [0.5, 0.6) is 0 Å². The molecule has 0 aromatic carbocycles. The van der Waals surface area contributed by atoms with E-state index in [1.165, 1.54) is 5.56 Å². The Bertz CT molecular complexity index is 377. The highest BCUT2D eigenvalue weighted by molar-refractivity contribution is 5.14. The van der Waals surface area contributed by atoms with Crippen LogP contribution in [0.15, 0.2) is 6.20 Å². The highest BCUT2D eigenvalue weighted by Crippen LogP contribution is 2.06. The van der Waals surface area contributed by atoms with Crippen molar-refractivity contribution in [3.8, 4) is 0 Å². The molecule has 1 aliphatic rings. The predicted molar refractivity (Wildman–Crippen MR) is 71.5 cm³/mol. The van der Waals surface area contributed by atoms with Crippen LogP contribution in [0.3, 0.4) is 0 Å². The van der Waals surface area contributed by atoms with E-state index in [2.05, 4.69) is 28.4 Å². The van der Waals surface area contributed by atoms with Gasteiger partial charge in [-0.2, -0.15) is 5.10 Å². The standard InChI is InChI=1S/C13H24N4O/c1-4-17-5-6-18-13(10-17)8-14-7-12-9-16(3)15-11(12)2/h9,13-14H,4-8,10H2,1-3H3. The largest absolute Gasteiger partial charge is 0.374 e. The van der Waals surface area contributed by atoms with Crippen LogP contribution in [0.25, 0.3) is 0 Å². The topological polar surface area (TPSA) is 42.3 Å². The molecule has 0 spiro atoms. The lowest BCUT2D eigenvalue weighted by atomic mass is 10.2. The summed E-state index contributed by atoms with van der Waals surface area (Å²) in [7, 11) is 1.96. The number of rotatable bonds is 5. The third kappa shape index (κ3) is 3.54. The fourth-order valence-corrected chi connectivity index (χ4v) is 2.38. The summed E-state index contributed by atoms with van der Waals surface area (Å²) in [5, 5.41) is 7.80. The van der Waals surface area contributed by atoms with Crippen LogP contribution in [-0.4, -0.2) is 53.6 Å². The Kier molecular flexibility index (Phi) is 4.74. The van der Waals surface area contributed by atoms with E-state index in [0.29, 0.717) is 6.10 Å². The average molecular weight is 252 g/mol. The molecule has 1 aromatic rings. The molecule has 0 amide bonds. The third-order valence-electron chi connectivity index (χ3n) is 3.47. The van der Waals surface area contributed by atoms with Crippen LogP contribution in [0.2, 0.25) is 0 Å². The first kappa shape index (κ1) is 13.5. The SMILES string of the molecule is CCN1CCOC(CNCc2cn(C)nc2C)C1. The zero-order valence-electron chi connectivity index (χ0n) is 11.6. The molecule has 18 heavy (non-hydrogen) atoms. The first-order chi connectivity index (χ1) is 8.69. The van der Waals surface area contributed by atoms with Gasteiger partial charge in [0, 0.05) is 45.0 Å². The Morgan fingerprint density at radius 1 is 1.56 bits per heavy atom. The van der Waals surface area contributed by atoms with Crippen molar-refractivity contribution in [2.45, 2.75) is 26.5 Å². The smallest absolute Gasteiger partial charge is 0.0826 e. The van der Waals surface area contributed by atoms with Gasteiger partial charge in [-0.1, -0.05) is 6.92 Å². The molecule has 2 rings (SSSR count). The molecule has 2 heterocycles. The summed E-state index contributed by atoms with van der Waals surface area (Å²) in [5.74, 6) is 0. The quantitative estimate of drug-likeness (QED) is 0.830. The van der Waals surface area contributed by atoms with Crippen molar-refractivity contribution in [1.29, 1.82) is 0 Å². The molecular weight excluding hydrogens is 228 g/mol. The van der Waals surface area contributed by atoms with Crippen molar-refractivity contribution >= 4 is 0 Å². The molecule has 1 saturated heterocycles. The maximum Gasteiger partial charge on any atom is 0.0826 e. The number of nitrogens with zero attached hydrogens (tertiary/aromatic N) is 3. The highest BCUT2D eigenvalue weighted by atomic mass is 16.5. The van der Waals surface area contributed by atoms with Crippen LogP contribution >= 0.6 is 0 Å². The molecule has 1 unspecified atom stereocenters. The normalized spacial score (nSPS) is 21.4. The minimum Gasteiger partial charge on any atom is -0.374 e. The van der Waals surface area contributed by atoms with Gasteiger partial charge in [0.2, 0.25) is 0 Å². The van der Waals surface area contributed by atoms with Crippen LogP contribution in [0.1, 0.15) is 18.2 Å². The predicted octanol–water partition coefficient (Wildman–Crippen LogP) is 0.539. The zero-order valence-corrected chi connectivity index (χ0v) is 11.6. The first-order valence-electron chi connectivity index (χ1n) is 6.73. The lowest BCUT2D eigenvalue weighted by Crippen LogP contribution is -2.46. The number of aromatic nitrogens is 2. The Morgan fingerprint density at radius 3 is 3.06 bits per heavy atom. The van der Waals surface area contributed by atoms with Gasteiger partial charge >= 0.3 is 0 Å². The second-order valence-corrected chi connectivity index (χ2v) is 4.93. The van der Waals surface area contributed by atoms with Crippen molar-refractivity contribution in [2.24, 2.45) is 7.05 Å². The maximum atomic E-state index is 5.76. The van der Waals surface area contributed by atoms with Gasteiger partial charge in [-0.15, -0.1) is 0 Å². The molecule has 1 aliphatic heterocycles. The Labute approximate surface area is 109 Å². The van der Waals surface area contributed by atoms with Gasteiger partial charge in [0.15, 0.2) is 0 Å². The zero-order chi connectivity index (χ0) is 13.0. The molecule has 0 bridgehead atoms. The number of morpholine rings is 1. The maximum absolute atomic E-state index is 5.76. The minimum absolute atomic E-state index is 0.315. The summed E-state index contributed by atoms with van der Waals surface area (Å²) in [6, 6.07) is 0. The molecule has 5 nitrogen and oxygen atoms in total. The number of ether oxygens (including phenoxy) is 1. The number of hydrogen-bond donors (Lipinski definition) is 1. The van der Waals surface area contributed by atoms with Gasteiger partial charge in [0.05, 0.1) is 18.4 Å². The Balaban J connectivity index is 1.73. The molecule has 1 aromatic heterocycles. The summed E-state index contributed by atoms with van der Waals surface area (Å²) in [4.78, 5) is 2.44. The van der Waals surface area contributed by atoms with Gasteiger partial charge in [-0.3, -0.25) is 9.58 Å². The van der Waals surface area contributed by atoms with E-state index < -0.39 is 0 Å². The molecule has 0 aliphatic carbocycles. The fraction of sp³-hybridized carbons (Fsp3) is 0.769. The molecule has 1 atom stereocenters. The van der Waals surface area contributed by atoms with Crippen molar-refractivity contribution in [3.05, 3.63) is 17.5 Å². The fourth-order valence-electron chi connectivity index (χ4n) is 2.38. The molecule has 0 saturated carbocycles. The van der Waals surface area contributed by atoms with E-state index >= 15 is 0 Å². The first-order valence-corrected chi connectivity index (χ1v) is 6.73. The molecule has 1 N–H and O–H groups in total. The highest BCUT2D eigenvalue weighted by Gasteiger charge is 2.18. The summed E-state index contributed by atoms with van der Waals surface area (Å²) in [6.07, 6.45) is 2.39. The summed E-state index contributed by atoms with van der Waals surface area (Å²) in [5.41, 5.74) is 2.37. The van der Waals surface area contributed by atoms with E-state index in [1.807, 2.05) is 18.7 Å². The minimum atomic E-state index is 0.315. The van der Waals surface area contributed by atoms with Crippen molar-refractivity contribution in [2.75, 3.05) is 32.8 Å². The van der Waals surface area contributed by atoms with Crippen LogP contribution in [0, 0.1) is 6.92 Å². The van der Waals surface area contributed by atoms with Crippen LogP contribution in [0.4, 0.5) is 0 Å². The number of aryl methyl sites for hydroxylation is 2. The van der Waals surface area contributed by atoms with Crippen LogP contribution < -0.4 is 5.32 Å². The third-order valence-corrected chi connectivity index (χ3v) is 3.47. The Hall–Kier alpha value is -0.910. The molecule has 0 radical (unpaired) electrons. The van der Waals surface area contributed by atoms with Gasteiger partial charge in [-0.05, 0) is 13.5 Å². The second-order valence-electron chi connectivity index (χ2n) is 4.93. The van der Waals surface area contributed by atoms with Gasteiger partial charge < -0.3 is 10.1 Å². The van der Waals surface area contributed by atoms with E-state index in [0.717, 1.165) is 45.0 Å². The molecule has 1 fully saturated rings. The van der Waals surface area contributed by atoms with E-state index in [4.69, 9.17) is 4.74 Å². The van der Waals surface area contributed by atoms with Crippen LogP contribution in [-0.2, 0) is 18.3 Å². The lowest BCUT2D eigenvalue weighted by Gasteiger charge is -2.32. The number of hydrogen-bond acceptors (Lipinski definition) is 4. The molecular formula is C13H24N4O. The summed E-state index contributed by atoms with van der Waals surface area (Å²) in [6.45, 7) is 10.1. The Morgan fingerprint density at radius 2 is 2.39 bits per heavy atom. The van der Waals surface area contributed by atoms with Gasteiger partial charge in [-0.25, -0.2) is 0 Å². The lowest BCUT2D eigenvalue weighted by molar-refractivity contribution is -0.0253. The monoisotopic (exact) mass is 252 g/mol. The van der Waals surface area contributed by atoms with E-state index in [9.17, 15) is 0 Å². The average Bonchev–Trinajstić information content (AvgIpc) is 2.68. The summed E-state index contributed by atoms with van der Waals surface area (Å²) >= 11 is 0. The van der Waals surface area contributed by atoms with E-state index in [-0.39, 0.29) is 0 Å². The van der Waals surface area contributed by atoms with Gasteiger partial charge in [0.1, 0.15) is 0 Å². The second kappa shape index (κ2) is 6.31. The van der Waals surface area contributed by atoms with Crippen molar-refractivity contribution in [1.82, 2.24) is 20.0 Å². The summed E-state index contributed by atoms with van der Waals surface area (Å²) < 4.78 is 7.62. The van der Waals surface area contributed by atoms with Gasteiger partial charge in [0.25, 0.3) is 0 Å². The van der Waals surface area contributed by atoms with Crippen molar-refractivity contribution < 1.29 is 4.74 Å². The number of likely N-dealkylation sites (N-methyl/N-ethyl adjacent to an activating group) is 1. The van der Waals surface area contributed by atoms with E-state index in [1.54, 1.807) is 0 Å². The molecule has 102 valence electrons. The number of nitrogens with one attached hydrogen (secondary N) is 1. The van der Waals surface area contributed by atoms with Crippen molar-refractivity contribution in [3.63, 3.8) is 0 Å². The molecule has 5 heteroatoms.